The number of ether oxygens (including phenoxy) is 2. The summed E-state index contributed by atoms with van der Waals surface area (Å²) in [5.41, 5.74) is 2.61. The molecule has 0 saturated heterocycles. The summed E-state index contributed by atoms with van der Waals surface area (Å²) in [5.74, 6) is 2.14. The molecule has 0 fully saturated rings. The molecule has 6 nitrogen and oxygen atoms in total. The first-order valence-electron chi connectivity index (χ1n) is 8.69. The molecule has 0 N–H and O–H groups in total. The second-order valence-electron chi connectivity index (χ2n) is 6.32. The lowest BCUT2D eigenvalue weighted by molar-refractivity contribution is 0.352. The first kappa shape index (κ1) is 16.7. The zero-order valence-corrected chi connectivity index (χ0v) is 15.8. The summed E-state index contributed by atoms with van der Waals surface area (Å²) in [6.07, 6.45) is 3.89. The van der Waals surface area contributed by atoms with Crippen molar-refractivity contribution < 1.29 is 9.47 Å². The lowest BCUT2D eigenvalue weighted by atomic mass is 10.1. The molecule has 5 rings (SSSR count). The van der Waals surface area contributed by atoms with Gasteiger partial charge in [0.1, 0.15) is 18.1 Å². The number of para-hydroxylation sites is 1. The Morgan fingerprint density at radius 3 is 2.79 bits per heavy atom. The molecule has 2 aromatic carbocycles. The molecule has 7 heteroatoms. The van der Waals surface area contributed by atoms with Crippen LogP contribution in [0.1, 0.15) is 5.56 Å². The monoisotopic (exact) mass is 389 g/mol. The summed E-state index contributed by atoms with van der Waals surface area (Å²) in [4.78, 5) is 17.8. The first-order chi connectivity index (χ1) is 13.7. The number of hydrogen-bond donors (Lipinski definition) is 0. The zero-order valence-electron chi connectivity index (χ0n) is 15.0. The summed E-state index contributed by atoms with van der Waals surface area (Å²) in [5, 5.41) is 4.38. The molecule has 0 bridgehead atoms. The minimum Gasteiger partial charge on any atom is -0.497 e. The maximum Gasteiger partial charge on any atom is 0.291 e. The molecule has 3 heterocycles. The van der Waals surface area contributed by atoms with Crippen LogP contribution in [0.5, 0.6) is 11.5 Å². The van der Waals surface area contributed by atoms with Gasteiger partial charge in [0.05, 0.1) is 11.6 Å². The van der Waals surface area contributed by atoms with Crippen LogP contribution in [0.25, 0.3) is 28.5 Å². The molecule has 0 aliphatic carbocycles. The van der Waals surface area contributed by atoms with Gasteiger partial charge in [-0.2, -0.15) is 9.50 Å². The Morgan fingerprint density at radius 1 is 1.18 bits per heavy atom. The van der Waals surface area contributed by atoms with Crippen molar-refractivity contribution >= 4 is 28.4 Å². The van der Waals surface area contributed by atoms with Crippen LogP contribution in [-0.2, 0) is 0 Å². The van der Waals surface area contributed by atoms with Gasteiger partial charge in [-0.15, -0.1) is 5.10 Å². The van der Waals surface area contributed by atoms with Gasteiger partial charge in [0, 0.05) is 11.1 Å². The Bertz CT molecular complexity index is 1320. The lowest BCUT2D eigenvalue weighted by Gasteiger charge is -2.15. The number of rotatable bonds is 3. The molecule has 0 atom stereocenters. The molecule has 4 aromatic rings. The molecule has 2 aromatic heterocycles. The summed E-state index contributed by atoms with van der Waals surface area (Å²) < 4.78 is 12.9. The first-order valence-corrected chi connectivity index (χ1v) is 9.51. The van der Waals surface area contributed by atoms with E-state index in [1.54, 1.807) is 7.11 Å². The molecular formula is C21H15N3O3S. The third-order valence-corrected chi connectivity index (χ3v) is 5.46. The normalized spacial score (nSPS) is 13.9. The largest absolute Gasteiger partial charge is 0.497 e. The quantitative estimate of drug-likeness (QED) is 0.539. The maximum absolute atomic E-state index is 12.7. The zero-order chi connectivity index (χ0) is 19.1. The minimum absolute atomic E-state index is 0.174. The van der Waals surface area contributed by atoms with Gasteiger partial charge in [-0.3, -0.25) is 4.79 Å². The summed E-state index contributed by atoms with van der Waals surface area (Å²) in [6.45, 7) is 0.432. The number of hydrogen-bond acceptors (Lipinski definition) is 6. The van der Waals surface area contributed by atoms with Crippen LogP contribution < -0.4 is 19.6 Å². The van der Waals surface area contributed by atoms with Crippen molar-refractivity contribution in [3.05, 3.63) is 74.6 Å². The van der Waals surface area contributed by atoms with Crippen molar-refractivity contribution in [3.8, 4) is 22.9 Å². The van der Waals surface area contributed by atoms with Gasteiger partial charge in [-0.1, -0.05) is 29.5 Å². The molecular weight excluding hydrogens is 374 g/mol. The number of fused-ring (bicyclic) bond motifs is 2. The maximum atomic E-state index is 12.7. The van der Waals surface area contributed by atoms with Crippen LogP contribution in [0.4, 0.5) is 0 Å². The van der Waals surface area contributed by atoms with E-state index in [1.807, 2.05) is 60.7 Å². The van der Waals surface area contributed by atoms with E-state index in [1.165, 1.54) is 15.9 Å². The van der Waals surface area contributed by atoms with Gasteiger partial charge in [0.2, 0.25) is 4.96 Å². The van der Waals surface area contributed by atoms with Crippen molar-refractivity contribution in [1.82, 2.24) is 14.6 Å². The van der Waals surface area contributed by atoms with Crippen molar-refractivity contribution in [2.75, 3.05) is 13.7 Å². The van der Waals surface area contributed by atoms with Crippen LogP contribution in [-0.4, -0.2) is 28.3 Å². The predicted molar refractivity (Wildman–Crippen MR) is 109 cm³/mol. The molecule has 0 unspecified atom stereocenters. The molecule has 1 aliphatic heterocycles. The van der Waals surface area contributed by atoms with Gasteiger partial charge in [-0.25, -0.2) is 0 Å². The van der Waals surface area contributed by atoms with Crippen LogP contribution in [0, 0.1) is 0 Å². The van der Waals surface area contributed by atoms with Gasteiger partial charge in [-0.05, 0) is 48.1 Å². The molecule has 1 aliphatic rings. The Labute approximate surface area is 164 Å². The van der Waals surface area contributed by atoms with Gasteiger partial charge >= 0.3 is 0 Å². The smallest absolute Gasteiger partial charge is 0.291 e. The van der Waals surface area contributed by atoms with Crippen molar-refractivity contribution in [3.63, 3.8) is 0 Å². The minimum atomic E-state index is -0.174. The van der Waals surface area contributed by atoms with E-state index in [0.29, 0.717) is 21.9 Å². The van der Waals surface area contributed by atoms with E-state index in [-0.39, 0.29) is 5.56 Å². The number of nitrogens with zero attached hydrogens (tertiary/aromatic N) is 3. The summed E-state index contributed by atoms with van der Waals surface area (Å²) in [6, 6.07) is 15.3. The molecule has 28 heavy (non-hydrogen) atoms. The van der Waals surface area contributed by atoms with E-state index < -0.39 is 0 Å². The number of benzene rings is 2. The molecule has 138 valence electrons. The number of aromatic nitrogens is 3. The van der Waals surface area contributed by atoms with Gasteiger partial charge in [0.15, 0.2) is 5.82 Å². The van der Waals surface area contributed by atoms with Crippen molar-refractivity contribution in [1.29, 1.82) is 0 Å². The molecule has 0 radical (unpaired) electrons. The highest BCUT2D eigenvalue weighted by Gasteiger charge is 2.14. The highest BCUT2D eigenvalue weighted by molar-refractivity contribution is 7.15. The highest BCUT2D eigenvalue weighted by atomic mass is 32.1. The summed E-state index contributed by atoms with van der Waals surface area (Å²) in [7, 11) is 1.62. The molecule has 0 saturated carbocycles. The molecule has 0 spiro atoms. The van der Waals surface area contributed by atoms with Gasteiger partial charge < -0.3 is 9.47 Å². The Hall–Kier alpha value is -3.45. The SMILES string of the molecule is COc1ccc(-c2nc3sc(=CC4=Cc5ccccc5OC4)c(=O)n3n2)cc1. The van der Waals surface area contributed by atoms with Crippen LogP contribution in [0.15, 0.2) is 58.9 Å². The second kappa shape index (κ2) is 6.61. The fourth-order valence-corrected chi connectivity index (χ4v) is 4.00. The topological polar surface area (TPSA) is 65.7 Å². The number of thiazole rings is 1. The second-order valence-corrected chi connectivity index (χ2v) is 7.33. The van der Waals surface area contributed by atoms with Gasteiger partial charge in [0.25, 0.3) is 5.56 Å². The van der Waals surface area contributed by atoms with Crippen LogP contribution >= 0.6 is 11.3 Å². The van der Waals surface area contributed by atoms with Crippen molar-refractivity contribution in [2.24, 2.45) is 0 Å². The summed E-state index contributed by atoms with van der Waals surface area (Å²) >= 11 is 1.32. The standard InChI is InChI=1S/C21H15N3O3S/c1-26-16-8-6-14(7-9-16)19-22-21-24(23-19)20(25)18(28-21)11-13-10-15-4-2-3-5-17(15)27-12-13/h2-11H,12H2,1H3. The van der Waals surface area contributed by atoms with Crippen LogP contribution in [0.3, 0.4) is 0 Å². The fraction of sp³-hybridized carbons (Fsp3) is 0.0952. The third kappa shape index (κ3) is 2.86. The Balaban J connectivity index is 1.53. The predicted octanol–water partition coefficient (Wildman–Crippen LogP) is 2.80. The Morgan fingerprint density at radius 2 is 2.00 bits per heavy atom. The lowest BCUT2D eigenvalue weighted by Crippen LogP contribution is -2.24. The van der Waals surface area contributed by atoms with Crippen LogP contribution in [0.2, 0.25) is 0 Å². The van der Waals surface area contributed by atoms with E-state index >= 15 is 0 Å². The van der Waals surface area contributed by atoms with E-state index in [4.69, 9.17) is 9.47 Å². The van der Waals surface area contributed by atoms with E-state index in [2.05, 4.69) is 10.1 Å². The Kier molecular flexibility index (Phi) is 3.95. The highest BCUT2D eigenvalue weighted by Crippen LogP contribution is 2.26. The van der Waals surface area contributed by atoms with Crippen molar-refractivity contribution in [2.45, 2.75) is 0 Å². The average molecular weight is 389 g/mol. The third-order valence-electron chi connectivity index (χ3n) is 4.50. The van der Waals surface area contributed by atoms with E-state index in [0.717, 1.165) is 28.2 Å². The average Bonchev–Trinajstić information content (AvgIpc) is 3.28. The number of methoxy groups -OCH3 is 1. The molecule has 0 amide bonds. The fourth-order valence-electron chi connectivity index (χ4n) is 3.08. The van der Waals surface area contributed by atoms with E-state index in [9.17, 15) is 4.79 Å².